The monoisotopic (exact) mass is 313 g/mol. The molecule has 1 unspecified atom stereocenters. The number of rotatable bonds is 5. The van der Waals surface area contributed by atoms with Crippen molar-refractivity contribution >= 4 is 16.0 Å². The van der Waals surface area contributed by atoms with Crippen LogP contribution in [0.1, 0.15) is 35.7 Å². The molecule has 6 nitrogen and oxygen atoms in total. The average molecular weight is 313 g/mol. The van der Waals surface area contributed by atoms with E-state index >= 15 is 0 Å². The van der Waals surface area contributed by atoms with E-state index in [4.69, 9.17) is 9.84 Å². The number of hydrogen-bond acceptors (Lipinski definition) is 4. The van der Waals surface area contributed by atoms with Crippen molar-refractivity contribution in [3.63, 3.8) is 0 Å². The second kappa shape index (κ2) is 6.55. The first-order chi connectivity index (χ1) is 9.94. The smallest absolute Gasteiger partial charge is 0.335 e. The summed E-state index contributed by atoms with van der Waals surface area (Å²) in [7, 11) is -3.75. The Morgan fingerprint density at radius 1 is 1.48 bits per heavy atom. The van der Waals surface area contributed by atoms with Crippen LogP contribution in [0, 0.1) is 0 Å². The Labute approximate surface area is 124 Å². The van der Waals surface area contributed by atoms with E-state index in [2.05, 4.69) is 4.72 Å². The van der Waals surface area contributed by atoms with Gasteiger partial charge in [0.25, 0.3) is 0 Å². The molecule has 116 valence electrons. The van der Waals surface area contributed by atoms with Crippen molar-refractivity contribution in [2.24, 2.45) is 0 Å². The lowest BCUT2D eigenvalue weighted by Gasteiger charge is -2.23. The van der Waals surface area contributed by atoms with E-state index in [1.165, 1.54) is 12.1 Å². The van der Waals surface area contributed by atoms with Crippen molar-refractivity contribution in [2.45, 2.75) is 37.1 Å². The first-order valence-electron chi connectivity index (χ1n) is 6.90. The van der Waals surface area contributed by atoms with E-state index in [0.29, 0.717) is 25.2 Å². The van der Waals surface area contributed by atoms with Gasteiger partial charge < -0.3 is 9.84 Å². The van der Waals surface area contributed by atoms with Gasteiger partial charge in [0.05, 0.1) is 17.1 Å². The molecule has 7 heteroatoms. The highest BCUT2D eigenvalue weighted by molar-refractivity contribution is 7.89. The van der Waals surface area contributed by atoms with Crippen LogP contribution in [-0.2, 0) is 21.2 Å². The molecule has 0 aliphatic carbocycles. The summed E-state index contributed by atoms with van der Waals surface area (Å²) >= 11 is 0. The number of benzene rings is 1. The predicted molar refractivity (Wildman–Crippen MR) is 76.9 cm³/mol. The highest BCUT2D eigenvalue weighted by Gasteiger charge is 2.25. The summed E-state index contributed by atoms with van der Waals surface area (Å²) < 4.78 is 32.9. The molecule has 2 rings (SSSR count). The van der Waals surface area contributed by atoms with Crippen LogP contribution in [-0.4, -0.2) is 38.7 Å². The van der Waals surface area contributed by atoms with Crippen LogP contribution in [0.2, 0.25) is 0 Å². The molecule has 1 atom stereocenters. The third-order valence-electron chi connectivity index (χ3n) is 3.47. The van der Waals surface area contributed by atoms with Crippen molar-refractivity contribution in [1.82, 2.24) is 4.72 Å². The van der Waals surface area contributed by atoms with Crippen molar-refractivity contribution in [3.8, 4) is 0 Å². The predicted octanol–water partition coefficient (Wildman–Crippen LogP) is 1.40. The molecule has 0 bridgehead atoms. The number of ether oxygens (including phenoxy) is 1. The van der Waals surface area contributed by atoms with Crippen molar-refractivity contribution < 1.29 is 23.1 Å². The van der Waals surface area contributed by atoms with Crippen molar-refractivity contribution in [2.75, 3.05) is 13.2 Å². The van der Waals surface area contributed by atoms with Crippen LogP contribution in [0.4, 0.5) is 0 Å². The molecular formula is C14H19NO5S. The molecule has 0 spiro atoms. The Morgan fingerprint density at radius 3 is 2.81 bits per heavy atom. The third kappa shape index (κ3) is 3.81. The minimum absolute atomic E-state index is 0.0348. The standard InChI is InChI=1S/C14H19NO5S/c1-2-10-5-6-11(14(16)17)8-13(10)21(18,19)15-12-4-3-7-20-9-12/h5-6,8,12,15H,2-4,7,9H2,1H3,(H,16,17). The van der Waals surface area contributed by atoms with Gasteiger partial charge in [-0.1, -0.05) is 13.0 Å². The Bertz CT molecular complexity index is 620. The first kappa shape index (κ1) is 15.9. The SMILES string of the molecule is CCc1ccc(C(=O)O)cc1S(=O)(=O)NC1CCCOC1. The summed E-state index contributed by atoms with van der Waals surface area (Å²) in [5, 5.41) is 9.02. The normalized spacial score (nSPS) is 19.4. The van der Waals surface area contributed by atoms with Gasteiger partial charge in [-0.2, -0.15) is 0 Å². The summed E-state index contributed by atoms with van der Waals surface area (Å²) in [6.07, 6.45) is 2.04. The Balaban J connectivity index is 2.32. The fourth-order valence-corrected chi connectivity index (χ4v) is 3.94. The third-order valence-corrected chi connectivity index (χ3v) is 5.07. The van der Waals surface area contributed by atoms with E-state index < -0.39 is 16.0 Å². The summed E-state index contributed by atoms with van der Waals surface area (Å²) in [4.78, 5) is 11.1. The number of sulfonamides is 1. The molecule has 0 radical (unpaired) electrons. The van der Waals surface area contributed by atoms with E-state index in [9.17, 15) is 13.2 Å². The summed E-state index contributed by atoms with van der Waals surface area (Å²) in [5.74, 6) is -1.14. The molecule has 1 aliphatic heterocycles. The lowest BCUT2D eigenvalue weighted by molar-refractivity contribution is 0.0696. The van der Waals surface area contributed by atoms with Crippen LogP contribution in [0.3, 0.4) is 0 Å². The molecule has 0 amide bonds. The maximum Gasteiger partial charge on any atom is 0.335 e. The lowest BCUT2D eigenvalue weighted by Crippen LogP contribution is -2.40. The summed E-state index contributed by atoms with van der Waals surface area (Å²) in [6, 6.07) is 3.92. The van der Waals surface area contributed by atoms with Crippen LogP contribution in [0.5, 0.6) is 0 Å². The van der Waals surface area contributed by atoms with Crippen LogP contribution >= 0.6 is 0 Å². The molecule has 21 heavy (non-hydrogen) atoms. The van der Waals surface area contributed by atoms with Crippen LogP contribution < -0.4 is 4.72 Å². The van der Waals surface area contributed by atoms with Gasteiger partial charge in [-0.3, -0.25) is 0 Å². The van der Waals surface area contributed by atoms with E-state index in [-0.39, 0.29) is 16.5 Å². The average Bonchev–Trinajstić information content (AvgIpc) is 2.47. The quantitative estimate of drug-likeness (QED) is 0.857. The zero-order valence-corrected chi connectivity index (χ0v) is 12.6. The zero-order valence-electron chi connectivity index (χ0n) is 11.8. The van der Waals surface area contributed by atoms with E-state index in [1.807, 2.05) is 6.92 Å². The number of hydrogen-bond donors (Lipinski definition) is 2. The number of carboxylic acids is 1. The highest BCUT2D eigenvalue weighted by atomic mass is 32.2. The maximum absolute atomic E-state index is 12.5. The maximum atomic E-state index is 12.5. The van der Waals surface area contributed by atoms with Gasteiger partial charge in [0, 0.05) is 12.6 Å². The van der Waals surface area contributed by atoms with Gasteiger partial charge in [0.1, 0.15) is 0 Å². The minimum atomic E-state index is -3.75. The number of carbonyl (C=O) groups is 1. The van der Waals surface area contributed by atoms with E-state index in [0.717, 1.165) is 12.8 Å². The van der Waals surface area contributed by atoms with Crippen molar-refractivity contribution in [3.05, 3.63) is 29.3 Å². The van der Waals surface area contributed by atoms with Crippen LogP contribution in [0.25, 0.3) is 0 Å². The van der Waals surface area contributed by atoms with Crippen molar-refractivity contribution in [1.29, 1.82) is 0 Å². The molecule has 1 aromatic carbocycles. The van der Waals surface area contributed by atoms with Gasteiger partial charge >= 0.3 is 5.97 Å². The second-order valence-corrected chi connectivity index (χ2v) is 6.70. The van der Waals surface area contributed by atoms with Gasteiger partial charge in [-0.05, 0) is 37.0 Å². The summed E-state index contributed by atoms with van der Waals surface area (Å²) in [6.45, 7) is 2.82. The lowest BCUT2D eigenvalue weighted by atomic mass is 10.1. The van der Waals surface area contributed by atoms with Crippen LogP contribution in [0.15, 0.2) is 23.1 Å². The fraction of sp³-hybridized carbons (Fsp3) is 0.500. The largest absolute Gasteiger partial charge is 0.478 e. The van der Waals surface area contributed by atoms with E-state index in [1.54, 1.807) is 6.07 Å². The first-order valence-corrected chi connectivity index (χ1v) is 8.38. The van der Waals surface area contributed by atoms with Gasteiger partial charge in [0.2, 0.25) is 10.0 Å². The molecule has 0 saturated carbocycles. The second-order valence-electron chi connectivity index (χ2n) is 5.02. The molecule has 0 aromatic heterocycles. The fourth-order valence-electron chi connectivity index (χ4n) is 2.35. The number of aryl methyl sites for hydroxylation is 1. The Morgan fingerprint density at radius 2 is 2.24 bits per heavy atom. The molecule has 1 aliphatic rings. The molecule has 2 N–H and O–H groups in total. The molecule has 1 fully saturated rings. The number of nitrogens with one attached hydrogen (secondary N) is 1. The Kier molecular flexibility index (Phi) is 4.97. The van der Waals surface area contributed by atoms with Gasteiger partial charge in [0.15, 0.2) is 0 Å². The summed E-state index contributed by atoms with van der Waals surface area (Å²) in [5.41, 5.74) is 0.566. The Hall–Kier alpha value is -1.44. The number of aromatic carboxylic acids is 1. The molecule has 1 aromatic rings. The van der Waals surface area contributed by atoms with Gasteiger partial charge in [-0.15, -0.1) is 0 Å². The minimum Gasteiger partial charge on any atom is -0.478 e. The molecule has 1 heterocycles. The highest BCUT2D eigenvalue weighted by Crippen LogP contribution is 2.20. The zero-order chi connectivity index (χ0) is 15.5. The molecule has 1 saturated heterocycles. The molecular weight excluding hydrogens is 294 g/mol. The number of carboxylic acid groups (broad SMARTS) is 1. The topological polar surface area (TPSA) is 92.7 Å². The van der Waals surface area contributed by atoms with Gasteiger partial charge in [-0.25, -0.2) is 17.9 Å².